The summed E-state index contributed by atoms with van der Waals surface area (Å²) in [4.78, 5) is 16.1. The number of amides is 1. The van der Waals surface area contributed by atoms with Gasteiger partial charge in [-0.25, -0.2) is 0 Å². The van der Waals surface area contributed by atoms with Gasteiger partial charge in [0.2, 0.25) is 5.91 Å². The Balaban J connectivity index is 1.48. The average Bonchev–Trinajstić information content (AvgIpc) is 3.13. The van der Waals surface area contributed by atoms with Crippen LogP contribution in [0.5, 0.6) is 0 Å². The van der Waals surface area contributed by atoms with E-state index in [0.717, 1.165) is 69.3 Å². The largest absolute Gasteiger partial charge is 0.379 e. The smallest absolute Gasteiger partial charge is 0.227 e. The average molecular weight is 390 g/mol. The highest BCUT2D eigenvalue weighted by Gasteiger charge is 2.21. The van der Waals surface area contributed by atoms with Crippen molar-refractivity contribution in [3.8, 4) is 0 Å². The van der Waals surface area contributed by atoms with E-state index in [2.05, 4.69) is 20.7 Å². The first kappa shape index (κ1) is 19.7. The van der Waals surface area contributed by atoms with Crippen molar-refractivity contribution in [3.63, 3.8) is 0 Å². The minimum Gasteiger partial charge on any atom is -0.379 e. The number of carbonyl (C=O) groups excluding carboxylic acids is 1. The molecule has 3 rings (SSSR count). The van der Waals surface area contributed by atoms with Crippen LogP contribution in [-0.2, 0) is 9.53 Å². The first-order chi connectivity index (χ1) is 13.1. The van der Waals surface area contributed by atoms with Gasteiger partial charge < -0.3 is 15.0 Å². The van der Waals surface area contributed by atoms with Crippen LogP contribution in [0.2, 0.25) is 0 Å². The van der Waals surface area contributed by atoms with E-state index in [0.29, 0.717) is 11.5 Å². The predicted molar refractivity (Wildman–Crippen MR) is 111 cm³/mol. The quantitative estimate of drug-likeness (QED) is 0.435. The third-order valence-corrected chi connectivity index (χ3v) is 5.03. The van der Waals surface area contributed by atoms with Gasteiger partial charge in [0.15, 0.2) is 5.11 Å². The van der Waals surface area contributed by atoms with Crippen LogP contribution in [-0.4, -0.2) is 67.6 Å². The molecule has 27 heavy (non-hydrogen) atoms. The molecule has 2 fully saturated rings. The number of carbonyl (C=O) groups is 1. The maximum absolute atomic E-state index is 11.9. The highest BCUT2D eigenvalue weighted by atomic mass is 32.1. The van der Waals surface area contributed by atoms with Gasteiger partial charge >= 0.3 is 0 Å². The molecule has 0 saturated carbocycles. The second kappa shape index (κ2) is 9.77. The van der Waals surface area contributed by atoms with Crippen LogP contribution in [0.4, 0.5) is 5.69 Å². The normalized spacial score (nSPS) is 18.6. The highest BCUT2D eigenvalue weighted by Crippen LogP contribution is 2.22. The minimum absolute atomic E-state index is 0.186. The first-order valence-corrected chi connectivity index (χ1v) is 9.83. The highest BCUT2D eigenvalue weighted by molar-refractivity contribution is 7.80. The molecule has 0 unspecified atom stereocenters. The van der Waals surface area contributed by atoms with E-state index in [4.69, 9.17) is 17.0 Å². The van der Waals surface area contributed by atoms with Gasteiger partial charge in [0, 0.05) is 44.8 Å². The predicted octanol–water partition coefficient (Wildman–Crippen LogP) is 1.33. The molecule has 2 N–H and O–H groups in total. The molecule has 1 aromatic rings. The zero-order chi connectivity index (χ0) is 19.1. The molecule has 0 bridgehead atoms. The topological polar surface area (TPSA) is 69.2 Å². The van der Waals surface area contributed by atoms with Crippen molar-refractivity contribution in [2.45, 2.75) is 19.8 Å². The molecule has 2 saturated heterocycles. The fraction of sp³-hybridized carbons (Fsp3) is 0.526. The second-order valence-electron chi connectivity index (χ2n) is 6.72. The third-order valence-electron chi connectivity index (χ3n) is 4.79. The Morgan fingerprint density at radius 3 is 2.85 bits per heavy atom. The number of hydrazone groups is 1. The standard InChI is InChI=1S/C19H27N5O2S/c1-15(16-4-2-5-17(14-16)24-8-3-6-18(24)25)21-22-19(27)20-7-9-23-10-12-26-13-11-23/h2,4-5,14H,3,6-13H2,1H3,(H2,20,22,27)/b21-15-. The molecule has 0 spiro atoms. The first-order valence-electron chi connectivity index (χ1n) is 9.42. The van der Waals surface area contributed by atoms with Crippen LogP contribution < -0.4 is 15.6 Å². The van der Waals surface area contributed by atoms with Crippen molar-refractivity contribution in [2.75, 3.05) is 50.8 Å². The number of nitrogens with one attached hydrogen (secondary N) is 2. The summed E-state index contributed by atoms with van der Waals surface area (Å²) < 4.78 is 5.34. The summed E-state index contributed by atoms with van der Waals surface area (Å²) in [6, 6.07) is 7.90. The van der Waals surface area contributed by atoms with E-state index in [9.17, 15) is 4.79 Å². The van der Waals surface area contributed by atoms with E-state index < -0.39 is 0 Å². The van der Waals surface area contributed by atoms with Gasteiger partial charge in [-0.1, -0.05) is 12.1 Å². The van der Waals surface area contributed by atoms with Crippen LogP contribution in [0.15, 0.2) is 29.4 Å². The van der Waals surface area contributed by atoms with Gasteiger partial charge in [0.25, 0.3) is 0 Å². The van der Waals surface area contributed by atoms with E-state index in [1.165, 1.54) is 0 Å². The maximum atomic E-state index is 11.9. The lowest BCUT2D eigenvalue weighted by Gasteiger charge is -2.26. The molecule has 8 heteroatoms. The van der Waals surface area contributed by atoms with E-state index in [-0.39, 0.29) is 5.91 Å². The minimum atomic E-state index is 0.186. The van der Waals surface area contributed by atoms with Crippen molar-refractivity contribution in [1.82, 2.24) is 15.6 Å². The number of morpholine rings is 1. The molecular weight excluding hydrogens is 362 g/mol. The van der Waals surface area contributed by atoms with E-state index >= 15 is 0 Å². The van der Waals surface area contributed by atoms with Crippen molar-refractivity contribution in [1.29, 1.82) is 0 Å². The van der Waals surface area contributed by atoms with Gasteiger partial charge in [-0.3, -0.25) is 15.1 Å². The van der Waals surface area contributed by atoms with Gasteiger partial charge in [0.1, 0.15) is 0 Å². The summed E-state index contributed by atoms with van der Waals surface area (Å²) in [5.74, 6) is 0.186. The monoisotopic (exact) mass is 389 g/mol. The molecule has 1 aromatic carbocycles. The summed E-state index contributed by atoms with van der Waals surface area (Å²) in [5.41, 5.74) is 5.62. The Bertz CT molecular complexity index is 703. The summed E-state index contributed by atoms with van der Waals surface area (Å²) >= 11 is 5.29. The van der Waals surface area contributed by atoms with Crippen LogP contribution in [0.3, 0.4) is 0 Å². The summed E-state index contributed by atoms with van der Waals surface area (Å²) in [6.07, 6.45) is 1.55. The fourth-order valence-electron chi connectivity index (χ4n) is 3.21. The Morgan fingerprint density at radius 2 is 2.11 bits per heavy atom. The summed E-state index contributed by atoms with van der Waals surface area (Å²) in [5, 5.41) is 8.06. The molecule has 146 valence electrons. The molecule has 0 atom stereocenters. The molecule has 2 heterocycles. The van der Waals surface area contributed by atoms with Gasteiger partial charge in [0.05, 0.1) is 18.9 Å². The third kappa shape index (κ3) is 5.72. The second-order valence-corrected chi connectivity index (χ2v) is 7.13. The number of thiocarbonyl (C=S) groups is 1. The zero-order valence-electron chi connectivity index (χ0n) is 15.7. The van der Waals surface area contributed by atoms with Crippen LogP contribution in [0.1, 0.15) is 25.3 Å². The molecule has 0 aromatic heterocycles. The lowest BCUT2D eigenvalue weighted by molar-refractivity contribution is -0.117. The molecule has 7 nitrogen and oxygen atoms in total. The SMILES string of the molecule is C/C(=N/NC(=S)NCCN1CCOCC1)c1cccc(N2CCCC2=O)c1. The molecule has 2 aliphatic heterocycles. The van der Waals surface area contributed by atoms with Crippen LogP contribution >= 0.6 is 12.2 Å². The fourth-order valence-corrected chi connectivity index (χ4v) is 3.36. The molecule has 0 aliphatic carbocycles. The van der Waals surface area contributed by atoms with Gasteiger partial charge in [-0.15, -0.1) is 0 Å². The Hall–Kier alpha value is -2.03. The van der Waals surface area contributed by atoms with E-state index in [1.54, 1.807) is 0 Å². The lowest BCUT2D eigenvalue weighted by Crippen LogP contribution is -2.42. The van der Waals surface area contributed by atoms with Crippen LogP contribution in [0.25, 0.3) is 0 Å². The number of rotatable bonds is 6. The molecule has 2 aliphatic rings. The molecular formula is C19H27N5O2S. The number of ether oxygens (including phenoxy) is 1. The lowest BCUT2D eigenvalue weighted by atomic mass is 10.1. The maximum Gasteiger partial charge on any atom is 0.227 e. The number of benzene rings is 1. The zero-order valence-corrected chi connectivity index (χ0v) is 16.6. The van der Waals surface area contributed by atoms with Crippen molar-refractivity contribution < 1.29 is 9.53 Å². The van der Waals surface area contributed by atoms with E-state index in [1.807, 2.05) is 36.1 Å². The Morgan fingerprint density at radius 1 is 1.30 bits per heavy atom. The van der Waals surface area contributed by atoms with Crippen molar-refractivity contribution in [2.24, 2.45) is 5.10 Å². The molecule has 1 amide bonds. The Labute approximate surface area is 165 Å². The van der Waals surface area contributed by atoms with Crippen molar-refractivity contribution >= 4 is 34.6 Å². The number of hydrogen-bond donors (Lipinski definition) is 2. The summed E-state index contributed by atoms with van der Waals surface area (Å²) in [7, 11) is 0. The van der Waals surface area contributed by atoms with Crippen LogP contribution in [0, 0.1) is 0 Å². The van der Waals surface area contributed by atoms with Gasteiger partial charge in [-0.2, -0.15) is 5.10 Å². The van der Waals surface area contributed by atoms with Crippen molar-refractivity contribution in [3.05, 3.63) is 29.8 Å². The number of nitrogens with zero attached hydrogens (tertiary/aromatic N) is 3. The number of anilines is 1. The number of hydrogen-bond acceptors (Lipinski definition) is 5. The molecule has 0 radical (unpaired) electrons. The summed E-state index contributed by atoms with van der Waals surface area (Å²) in [6.45, 7) is 7.95. The van der Waals surface area contributed by atoms with Gasteiger partial charge in [-0.05, 0) is 43.3 Å². The Kier molecular flexibility index (Phi) is 7.14.